The Morgan fingerprint density at radius 1 is 1.10 bits per heavy atom. The molecule has 0 aliphatic carbocycles. The van der Waals surface area contributed by atoms with E-state index in [1.54, 1.807) is 11.0 Å². The first kappa shape index (κ1) is 20.8. The minimum absolute atomic E-state index is 0.0239. The van der Waals surface area contributed by atoms with Crippen molar-refractivity contribution in [2.75, 3.05) is 38.0 Å². The predicted molar refractivity (Wildman–Crippen MR) is 103 cm³/mol. The van der Waals surface area contributed by atoms with Gasteiger partial charge in [-0.2, -0.15) is 4.31 Å². The summed E-state index contributed by atoms with van der Waals surface area (Å²) in [4.78, 5) is 24.3. The number of nitro groups is 1. The van der Waals surface area contributed by atoms with Gasteiger partial charge in [-0.05, 0) is 30.3 Å². The molecule has 29 heavy (non-hydrogen) atoms. The van der Waals surface area contributed by atoms with Gasteiger partial charge in [-0.1, -0.05) is 6.07 Å². The maximum atomic E-state index is 13.0. The minimum atomic E-state index is -3.72. The van der Waals surface area contributed by atoms with E-state index in [1.807, 2.05) is 0 Å². The molecule has 0 atom stereocenters. The molecule has 0 aromatic heterocycles. The molecule has 0 unspecified atom stereocenters. The maximum Gasteiger partial charge on any atom is 0.271 e. The molecular weight excluding hydrogens is 403 g/mol. The van der Waals surface area contributed by atoms with Gasteiger partial charge in [-0.15, -0.1) is 0 Å². The van der Waals surface area contributed by atoms with Gasteiger partial charge in [0, 0.05) is 44.0 Å². The number of nitro benzene ring substituents is 1. The van der Waals surface area contributed by atoms with Crippen LogP contribution in [0, 0.1) is 15.9 Å². The van der Waals surface area contributed by atoms with Crippen molar-refractivity contribution in [2.24, 2.45) is 0 Å². The van der Waals surface area contributed by atoms with E-state index in [1.165, 1.54) is 34.6 Å². The summed E-state index contributed by atoms with van der Waals surface area (Å²) in [7, 11) is -3.72. The number of hydrogen-bond donors (Lipinski definition) is 1. The third kappa shape index (κ3) is 5.13. The lowest BCUT2D eigenvalue weighted by molar-refractivity contribution is -0.384. The number of hydrogen-bond acceptors (Lipinski definition) is 6. The van der Waals surface area contributed by atoms with Crippen LogP contribution < -0.4 is 5.32 Å². The topological polar surface area (TPSA) is 113 Å². The van der Waals surface area contributed by atoms with Crippen molar-refractivity contribution in [3.63, 3.8) is 0 Å². The van der Waals surface area contributed by atoms with Gasteiger partial charge in [0.2, 0.25) is 15.9 Å². The van der Waals surface area contributed by atoms with Crippen molar-refractivity contribution in [3.05, 3.63) is 64.5 Å². The number of benzene rings is 2. The minimum Gasteiger partial charge on any atom is -0.325 e. The molecule has 0 spiro atoms. The first-order chi connectivity index (χ1) is 13.8. The normalized spacial score (nSPS) is 15.8. The van der Waals surface area contributed by atoms with Crippen molar-refractivity contribution in [2.45, 2.75) is 4.90 Å². The SMILES string of the molecule is O=C(CN1CCN(S(=O)(=O)c2ccc(F)cc2)CC1)Nc1cccc([N+](=O)[O-])c1. The smallest absolute Gasteiger partial charge is 0.271 e. The first-order valence-electron chi connectivity index (χ1n) is 8.78. The molecule has 1 saturated heterocycles. The van der Waals surface area contributed by atoms with Gasteiger partial charge in [0.1, 0.15) is 5.82 Å². The molecule has 2 aromatic rings. The number of piperazine rings is 1. The Kier molecular flexibility index (Phi) is 6.20. The first-order valence-corrected chi connectivity index (χ1v) is 10.2. The zero-order chi connectivity index (χ0) is 21.0. The fraction of sp³-hybridized carbons (Fsp3) is 0.278. The maximum absolute atomic E-state index is 13.0. The lowest BCUT2D eigenvalue weighted by Gasteiger charge is -2.33. The van der Waals surface area contributed by atoms with Crippen LogP contribution in [0.5, 0.6) is 0 Å². The number of carbonyl (C=O) groups is 1. The third-order valence-electron chi connectivity index (χ3n) is 4.49. The number of anilines is 1. The Balaban J connectivity index is 1.54. The zero-order valence-electron chi connectivity index (χ0n) is 15.3. The van der Waals surface area contributed by atoms with Gasteiger partial charge in [0.05, 0.1) is 16.4 Å². The average molecular weight is 422 g/mol. The molecule has 1 heterocycles. The molecule has 3 rings (SSSR count). The molecule has 2 aromatic carbocycles. The number of rotatable bonds is 6. The average Bonchev–Trinajstić information content (AvgIpc) is 2.69. The summed E-state index contributed by atoms with van der Waals surface area (Å²) in [5.41, 5.74) is 0.198. The van der Waals surface area contributed by atoms with Crippen LogP contribution in [-0.4, -0.2) is 61.2 Å². The van der Waals surface area contributed by atoms with Crippen molar-refractivity contribution in [3.8, 4) is 0 Å². The summed E-state index contributed by atoms with van der Waals surface area (Å²) >= 11 is 0. The highest BCUT2D eigenvalue weighted by Gasteiger charge is 2.29. The molecule has 1 amide bonds. The molecule has 0 radical (unpaired) electrons. The van der Waals surface area contributed by atoms with E-state index in [9.17, 15) is 27.7 Å². The van der Waals surface area contributed by atoms with E-state index in [-0.39, 0.29) is 36.1 Å². The molecule has 1 N–H and O–H groups in total. The lowest BCUT2D eigenvalue weighted by Crippen LogP contribution is -2.50. The number of nitrogens with zero attached hydrogens (tertiary/aromatic N) is 3. The van der Waals surface area contributed by atoms with Crippen LogP contribution in [0.1, 0.15) is 0 Å². The van der Waals surface area contributed by atoms with Gasteiger partial charge >= 0.3 is 0 Å². The van der Waals surface area contributed by atoms with Gasteiger partial charge in [0.15, 0.2) is 0 Å². The van der Waals surface area contributed by atoms with Gasteiger partial charge in [-0.3, -0.25) is 19.8 Å². The van der Waals surface area contributed by atoms with Crippen LogP contribution in [0.15, 0.2) is 53.4 Å². The lowest BCUT2D eigenvalue weighted by atomic mass is 10.2. The number of carbonyl (C=O) groups excluding carboxylic acids is 1. The van der Waals surface area contributed by atoms with Gasteiger partial charge in [-0.25, -0.2) is 12.8 Å². The fourth-order valence-electron chi connectivity index (χ4n) is 2.98. The van der Waals surface area contributed by atoms with Gasteiger partial charge < -0.3 is 5.32 Å². The Labute approximate surface area is 166 Å². The number of halogens is 1. The Morgan fingerprint density at radius 3 is 2.38 bits per heavy atom. The number of non-ortho nitro benzene ring substituents is 1. The van der Waals surface area contributed by atoms with E-state index in [2.05, 4.69) is 5.32 Å². The second-order valence-electron chi connectivity index (χ2n) is 6.49. The molecule has 9 nitrogen and oxygen atoms in total. The Bertz CT molecular complexity index is 1010. The highest BCUT2D eigenvalue weighted by molar-refractivity contribution is 7.89. The van der Waals surface area contributed by atoms with Crippen LogP contribution >= 0.6 is 0 Å². The van der Waals surface area contributed by atoms with E-state index in [4.69, 9.17) is 0 Å². The summed E-state index contributed by atoms with van der Waals surface area (Å²) < 4.78 is 39.5. The van der Waals surface area contributed by atoms with Crippen LogP contribution in [-0.2, 0) is 14.8 Å². The zero-order valence-corrected chi connectivity index (χ0v) is 16.1. The molecule has 0 bridgehead atoms. The number of amides is 1. The summed E-state index contributed by atoms with van der Waals surface area (Å²) in [6.45, 7) is 1.13. The van der Waals surface area contributed by atoms with Crippen molar-refractivity contribution in [1.29, 1.82) is 0 Å². The molecular formula is C18H19FN4O5S. The Morgan fingerprint density at radius 2 is 1.76 bits per heavy atom. The van der Waals surface area contributed by atoms with Crippen molar-refractivity contribution < 1.29 is 22.5 Å². The molecule has 1 aliphatic rings. The number of sulfonamides is 1. The molecule has 0 saturated carbocycles. The molecule has 154 valence electrons. The quantitative estimate of drug-likeness (QED) is 0.560. The monoisotopic (exact) mass is 422 g/mol. The second kappa shape index (κ2) is 8.64. The Hall–Kier alpha value is -2.89. The largest absolute Gasteiger partial charge is 0.325 e. The van der Waals surface area contributed by atoms with E-state index in [0.29, 0.717) is 18.8 Å². The van der Waals surface area contributed by atoms with E-state index < -0.39 is 20.8 Å². The predicted octanol–water partition coefficient (Wildman–Crippen LogP) is 1.68. The van der Waals surface area contributed by atoms with Gasteiger partial charge in [0.25, 0.3) is 5.69 Å². The molecule has 11 heteroatoms. The van der Waals surface area contributed by atoms with E-state index >= 15 is 0 Å². The van der Waals surface area contributed by atoms with E-state index in [0.717, 1.165) is 12.1 Å². The highest BCUT2D eigenvalue weighted by Crippen LogP contribution is 2.19. The second-order valence-corrected chi connectivity index (χ2v) is 8.43. The number of nitrogens with one attached hydrogen (secondary N) is 1. The molecule has 1 aliphatic heterocycles. The summed E-state index contributed by atoms with van der Waals surface area (Å²) in [5, 5.41) is 13.4. The summed E-state index contributed by atoms with van der Waals surface area (Å²) in [6.07, 6.45) is 0. The van der Waals surface area contributed by atoms with Crippen molar-refractivity contribution in [1.82, 2.24) is 9.21 Å². The molecule has 1 fully saturated rings. The summed E-state index contributed by atoms with van der Waals surface area (Å²) in [5.74, 6) is -0.858. The van der Waals surface area contributed by atoms with Crippen LogP contribution in [0.3, 0.4) is 0 Å². The van der Waals surface area contributed by atoms with Crippen LogP contribution in [0.4, 0.5) is 15.8 Å². The third-order valence-corrected chi connectivity index (χ3v) is 6.40. The van der Waals surface area contributed by atoms with Crippen molar-refractivity contribution >= 4 is 27.3 Å². The summed E-state index contributed by atoms with van der Waals surface area (Å²) in [6, 6.07) is 10.3. The van der Waals surface area contributed by atoms with Crippen LogP contribution in [0.2, 0.25) is 0 Å². The highest BCUT2D eigenvalue weighted by atomic mass is 32.2. The van der Waals surface area contributed by atoms with Crippen LogP contribution in [0.25, 0.3) is 0 Å². The standard InChI is InChI=1S/C18H19FN4O5S/c19-14-4-6-17(7-5-14)29(27,28)22-10-8-21(9-11-22)13-18(24)20-15-2-1-3-16(12-15)23(25)26/h1-7,12H,8-11,13H2,(H,20,24). The fourth-order valence-corrected chi connectivity index (χ4v) is 4.41.